The SMILES string of the molecule is CO[C@H]1C[C@@H]2CC[C@@H](C)[C@@](O)(O2)C(=O)C(=O)N2CCCC[C@H]2C(=O)O[C@H]([C@H](C)C[C@@H]2CC[C@@H](O)[C@H](OC)C2)CC(=O)[C@H](C)/C=C(\C)[C@@H](OC(C)=O)[C@@H](CO)C(=O)[C@H](C)C[C@H](C)/C=C/C=CC=C1C. The summed E-state index contributed by atoms with van der Waals surface area (Å²) in [6, 6.07) is -1.17. The predicted molar refractivity (Wildman–Crippen MR) is 254 cm³/mol. The van der Waals surface area contributed by atoms with E-state index in [0.29, 0.717) is 69.8 Å². The lowest BCUT2D eigenvalue weighted by molar-refractivity contribution is -0.265. The maximum Gasteiger partial charge on any atom is 0.329 e. The molecular formula is C53H81NO14. The third-order valence-corrected chi connectivity index (χ3v) is 14.9. The fourth-order valence-corrected chi connectivity index (χ4v) is 10.6. The van der Waals surface area contributed by atoms with Crippen molar-refractivity contribution in [3.63, 3.8) is 0 Å². The van der Waals surface area contributed by atoms with Crippen LogP contribution in [0.1, 0.15) is 132 Å². The van der Waals surface area contributed by atoms with Crippen LogP contribution in [0.15, 0.2) is 47.6 Å². The summed E-state index contributed by atoms with van der Waals surface area (Å²) in [7, 11) is 3.12. The van der Waals surface area contributed by atoms with E-state index in [9.17, 15) is 44.1 Å². The molecule has 15 heteroatoms. The highest BCUT2D eigenvalue weighted by Gasteiger charge is 2.53. The number of fused-ring (bicyclic) bond motifs is 3. The maximum atomic E-state index is 14.4. The van der Waals surface area contributed by atoms with Gasteiger partial charge in [-0.25, -0.2) is 4.79 Å². The van der Waals surface area contributed by atoms with E-state index in [1.807, 2.05) is 51.2 Å². The number of hydrogen-bond acceptors (Lipinski definition) is 14. The molecule has 0 radical (unpaired) electrons. The second kappa shape index (κ2) is 26.4. The number of allylic oxidation sites excluding steroid dienone is 6. The van der Waals surface area contributed by atoms with Gasteiger partial charge in [-0.3, -0.25) is 24.0 Å². The summed E-state index contributed by atoms with van der Waals surface area (Å²) in [5, 5.41) is 33.1. The van der Waals surface area contributed by atoms with E-state index in [-0.39, 0.29) is 54.8 Å². The van der Waals surface area contributed by atoms with Crippen LogP contribution in [-0.4, -0.2) is 131 Å². The van der Waals surface area contributed by atoms with Crippen LogP contribution in [0.3, 0.4) is 0 Å². The van der Waals surface area contributed by atoms with Gasteiger partial charge >= 0.3 is 11.9 Å². The minimum absolute atomic E-state index is 0.0391. The number of Topliss-reactive ketones (excluding diaryl/α,β-unsaturated/α-hetero) is 3. The van der Waals surface area contributed by atoms with Crippen LogP contribution in [0.4, 0.5) is 0 Å². The van der Waals surface area contributed by atoms with Crippen molar-refractivity contribution in [2.45, 2.75) is 181 Å². The van der Waals surface area contributed by atoms with Crippen molar-refractivity contribution in [1.29, 1.82) is 0 Å². The van der Waals surface area contributed by atoms with Crippen LogP contribution in [0.25, 0.3) is 0 Å². The van der Waals surface area contributed by atoms with Crippen LogP contribution < -0.4 is 0 Å². The summed E-state index contributed by atoms with van der Waals surface area (Å²) in [5.41, 5.74) is 1.26. The average molecular weight is 956 g/mol. The number of aliphatic hydroxyl groups excluding tert-OH is 2. The first-order chi connectivity index (χ1) is 32.1. The Morgan fingerprint density at radius 1 is 0.912 bits per heavy atom. The van der Waals surface area contributed by atoms with Crippen molar-refractivity contribution >= 4 is 35.2 Å². The van der Waals surface area contributed by atoms with E-state index in [0.717, 1.165) is 5.57 Å². The number of nitrogens with zero attached hydrogens (tertiary/aromatic N) is 1. The van der Waals surface area contributed by atoms with Gasteiger partial charge in [-0.15, -0.1) is 0 Å². The molecule has 4 aliphatic rings. The Kier molecular flexibility index (Phi) is 22.0. The van der Waals surface area contributed by atoms with Crippen LogP contribution in [0, 0.1) is 41.4 Å². The number of piperidine rings is 1. The van der Waals surface area contributed by atoms with E-state index in [2.05, 4.69) is 0 Å². The highest BCUT2D eigenvalue weighted by molar-refractivity contribution is 6.39. The second-order valence-electron chi connectivity index (χ2n) is 20.3. The van der Waals surface area contributed by atoms with E-state index in [1.165, 1.54) is 11.8 Å². The van der Waals surface area contributed by atoms with Crippen molar-refractivity contribution in [2.24, 2.45) is 41.4 Å². The molecule has 0 unspecified atom stereocenters. The first kappa shape index (κ1) is 56.7. The molecule has 1 amide bonds. The lowest BCUT2D eigenvalue weighted by atomic mass is 9.78. The van der Waals surface area contributed by atoms with Gasteiger partial charge in [0.15, 0.2) is 0 Å². The molecule has 15 nitrogen and oxygen atoms in total. The molecule has 0 aromatic heterocycles. The van der Waals surface area contributed by atoms with Crippen LogP contribution in [0.5, 0.6) is 0 Å². The van der Waals surface area contributed by atoms with E-state index in [4.69, 9.17) is 23.7 Å². The van der Waals surface area contributed by atoms with Gasteiger partial charge in [0.05, 0.1) is 36.9 Å². The monoisotopic (exact) mass is 956 g/mol. The number of methoxy groups -OCH3 is 2. The van der Waals surface area contributed by atoms with E-state index >= 15 is 0 Å². The first-order valence-corrected chi connectivity index (χ1v) is 24.9. The minimum atomic E-state index is -2.45. The van der Waals surface area contributed by atoms with Gasteiger partial charge < -0.3 is 43.9 Å². The summed E-state index contributed by atoms with van der Waals surface area (Å²) in [6.45, 7) is 13.2. The fourth-order valence-electron chi connectivity index (χ4n) is 10.6. The number of amides is 1. The molecule has 382 valence electrons. The van der Waals surface area contributed by atoms with Gasteiger partial charge in [-0.1, -0.05) is 71.1 Å². The van der Waals surface area contributed by atoms with Crippen molar-refractivity contribution in [2.75, 3.05) is 27.4 Å². The summed E-state index contributed by atoms with van der Waals surface area (Å²) >= 11 is 0. The standard InChI is InChI=1S/C53H81NO14/c1-31-16-12-11-13-17-32(2)45(64-9)28-40-21-19-37(7)53(63,68-40)50(60)51(61)54-23-15-14-18-42(54)52(62)67-46(34(4)26-39-20-22-43(57)47(27-39)65-10)29-44(58)33(3)25-36(6)49(66-38(8)56)41(30-55)48(59)35(5)24-31/h11-13,16-17,25,31,33-35,37,39-43,45-47,49,55,57,63H,14-15,18-24,26-30H2,1-10H3/b13-11?,16-12+,32-17?,36-25+/t31-,33-,34-,35-,37-,39+,40+,41+,42+,43-,45+,46+,47-,49-,53-/m1/s1. The van der Waals surface area contributed by atoms with Crippen molar-refractivity contribution in [3.8, 4) is 0 Å². The number of aliphatic hydroxyl groups is 3. The number of carbonyl (C=O) groups excluding carboxylic acids is 6. The third-order valence-electron chi connectivity index (χ3n) is 14.9. The lowest BCUT2D eigenvalue weighted by Gasteiger charge is -2.42. The molecule has 3 heterocycles. The molecule has 2 saturated heterocycles. The number of carbonyl (C=O) groups is 6. The van der Waals surface area contributed by atoms with Crippen molar-refractivity contribution in [1.82, 2.24) is 4.90 Å². The van der Waals surface area contributed by atoms with E-state index in [1.54, 1.807) is 48.0 Å². The minimum Gasteiger partial charge on any atom is -0.460 e. The number of cyclic esters (lactones) is 1. The molecule has 4 rings (SSSR count). The molecule has 1 aliphatic carbocycles. The molecule has 15 atom stereocenters. The lowest BCUT2D eigenvalue weighted by Crippen LogP contribution is -2.61. The van der Waals surface area contributed by atoms with Crippen LogP contribution in [0.2, 0.25) is 0 Å². The second-order valence-corrected chi connectivity index (χ2v) is 20.3. The van der Waals surface area contributed by atoms with Crippen molar-refractivity contribution in [3.05, 3.63) is 47.6 Å². The molecule has 0 spiro atoms. The fraction of sp³-hybridized carbons (Fsp3) is 0.736. The van der Waals surface area contributed by atoms with Crippen LogP contribution in [-0.2, 0) is 52.5 Å². The molecule has 3 aliphatic heterocycles. The van der Waals surface area contributed by atoms with Gasteiger partial charge in [-0.2, -0.15) is 0 Å². The summed E-state index contributed by atoms with van der Waals surface area (Å²) in [4.78, 5) is 84.9. The number of ether oxygens (including phenoxy) is 5. The molecule has 0 aromatic carbocycles. The summed E-state index contributed by atoms with van der Waals surface area (Å²) in [5.74, 6) is -10.1. The normalized spacial score (nSPS) is 37.8. The summed E-state index contributed by atoms with van der Waals surface area (Å²) in [6.07, 6.45) is 12.0. The zero-order valence-electron chi connectivity index (χ0n) is 42.2. The molecule has 3 N–H and O–H groups in total. The van der Waals surface area contributed by atoms with Gasteiger partial charge in [0.25, 0.3) is 11.7 Å². The van der Waals surface area contributed by atoms with E-state index < -0.39 is 96.3 Å². The largest absolute Gasteiger partial charge is 0.460 e. The number of esters is 2. The Balaban J connectivity index is 1.75. The maximum absolute atomic E-state index is 14.4. The Morgan fingerprint density at radius 3 is 2.29 bits per heavy atom. The zero-order valence-corrected chi connectivity index (χ0v) is 42.2. The number of ketones is 3. The third kappa shape index (κ3) is 15.1. The Labute approximate surface area is 404 Å². The van der Waals surface area contributed by atoms with Gasteiger partial charge in [-0.05, 0) is 107 Å². The highest BCUT2D eigenvalue weighted by atomic mass is 16.6. The molecule has 3 fully saturated rings. The molecule has 1 saturated carbocycles. The quantitative estimate of drug-likeness (QED) is 0.144. The average Bonchev–Trinajstić information content (AvgIpc) is 3.30. The van der Waals surface area contributed by atoms with Gasteiger partial charge in [0.2, 0.25) is 5.79 Å². The smallest absolute Gasteiger partial charge is 0.329 e. The van der Waals surface area contributed by atoms with Gasteiger partial charge in [0, 0.05) is 58.3 Å². The topological polar surface area (TPSA) is 212 Å². The molecule has 0 aromatic rings. The Morgan fingerprint density at radius 2 is 1.63 bits per heavy atom. The predicted octanol–water partition coefficient (Wildman–Crippen LogP) is 6.34. The molecule has 2 bridgehead atoms. The number of rotatable bonds is 7. The first-order valence-electron chi connectivity index (χ1n) is 24.9. The summed E-state index contributed by atoms with van der Waals surface area (Å²) < 4.78 is 29.5. The Bertz CT molecular complexity index is 1870. The zero-order chi connectivity index (χ0) is 50.5. The van der Waals surface area contributed by atoms with Gasteiger partial charge in [0.1, 0.15) is 29.8 Å². The van der Waals surface area contributed by atoms with Crippen LogP contribution >= 0.6 is 0 Å². The molecular weight excluding hydrogens is 875 g/mol. The van der Waals surface area contributed by atoms with Crippen molar-refractivity contribution < 1.29 is 67.8 Å². The Hall–Kier alpha value is -3.86. The highest BCUT2D eigenvalue weighted by Crippen LogP contribution is 2.38. The molecule has 68 heavy (non-hydrogen) atoms. The number of hydrogen-bond donors (Lipinski definition) is 3.